The highest BCUT2D eigenvalue weighted by molar-refractivity contribution is 6.31. The number of nitrogens with zero attached hydrogens (tertiary/aromatic N) is 1. The van der Waals surface area contributed by atoms with Gasteiger partial charge in [0, 0.05) is 11.1 Å². The van der Waals surface area contributed by atoms with Crippen molar-refractivity contribution in [1.29, 1.82) is 0 Å². The van der Waals surface area contributed by atoms with E-state index in [0.717, 1.165) is 16.4 Å². The molecule has 0 saturated heterocycles. The average Bonchev–Trinajstić information content (AvgIpc) is 2.85. The molecule has 23 heavy (non-hydrogen) atoms. The molecule has 8 heteroatoms. The minimum atomic E-state index is -0.580. The maximum Gasteiger partial charge on any atom is 0.294 e. The number of furan rings is 1. The lowest BCUT2D eigenvalue weighted by Gasteiger charge is -2.12. The fourth-order valence-electron chi connectivity index (χ4n) is 2.17. The summed E-state index contributed by atoms with van der Waals surface area (Å²) in [6, 6.07) is 7.84. The van der Waals surface area contributed by atoms with Crippen LogP contribution in [0, 0.1) is 17.0 Å². The summed E-state index contributed by atoms with van der Waals surface area (Å²) >= 11 is 5.74. The first-order valence-corrected chi connectivity index (χ1v) is 7.33. The zero-order valence-electron chi connectivity index (χ0n) is 12.8. The number of amides is 1. The van der Waals surface area contributed by atoms with Crippen LogP contribution >= 0.6 is 11.6 Å². The number of nitrogens with one attached hydrogen (secondary N) is 2. The first-order chi connectivity index (χ1) is 10.8. The van der Waals surface area contributed by atoms with E-state index in [4.69, 9.17) is 16.0 Å². The van der Waals surface area contributed by atoms with E-state index in [1.807, 2.05) is 26.1 Å². The Kier molecular flexibility index (Phi) is 5.36. The zero-order chi connectivity index (χ0) is 17.0. The summed E-state index contributed by atoms with van der Waals surface area (Å²) in [5.41, 5.74) is -0.101. The van der Waals surface area contributed by atoms with Crippen molar-refractivity contribution in [2.24, 2.45) is 0 Å². The molecule has 7 nitrogen and oxygen atoms in total. The third-order valence-corrected chi connectivity index (χ3v) is 3.40. The molecule has 2 aromatic rings. The molecule has 1 unspecified atom stereocenters. The summed E-state index contributed by atoms with van der Waals surface area (Å²) in [5, 5.41) is 13.8. The number of nitro benzene ring substituents is 1. The van der Waals surface area contributed by atoms with Crippen LogP contribution in [0.5, 0.6) is 0 Å². The van der Waals surface area contributed by atoms with Gasteiger partial charge in [0.1, 0.15) is 18.0 Å². The third-order valence-electron chi connectivity index (χ3n) is 3.16. The summed E-state index contributed by atoms with van der Waals surface area (Å²) in [6.45, 7) is 2.55. The number of carbonyl (C=O) groups excluding carboxylic acids is 1. The number of carbonyl (C=O) groups is 1. The van der Waals surface area contributed by atoms with Crippen LogP contribution in [0.4, 0.5) is 11.4 Å². The molecule has 1 amide bonds. The van der Waals surface area contributed by atoms with E-state index in [1.165, 1.54) is 18.2 Å². The lowest BCUT2D eigenvalue weighted by atomic mass is 10.2. The normalized spacial score (nSPS) is 12.0. The second-order valence-electron chi connectivity index (χ2n) is 5.29. The van der Waals surface area contributed by atoms with Gasteiger partial charge in [-0.15, -0.1) is 0 Å². The maximum atomic E-state index is 12.1. The molecular weight excluding hydrogens is 322 g/mol. The highest BCUT2D eigenvalue weighted by Crippen LogP contribution is 2.27. The van der Waals surface area contributed by atoms with E-state index in [-0.39, 0.29) is 28.8 Å². The van der Waals surface area contributed by atoms with Gasteiger partial charge in [-0.2, -0.15) is 0 Å². The van der Waals surface area contributed by atoms with Gasteiger partial charge in [0.05, 0.1) is 12.0 Å². The van der Waals surface area contributed by atoms with E-state index < -0.39 is 4.92 Å². The first kappa shape index (κ1) is 17.0. The van der Waals surface area contributed by atoms with Crippen molar-refractivity contribution in [3.8, 4) is 0 Å². The van der Waals surface area contributed by atoms with E-state index in [9.17, 15) is 14.9 Å². The van der Waals surface area contributed by atoms with Crippen molar-refractivity contribution in [3.63, 3.8) is 0 Å². The molecule has 0 fully saturated rings. The Morgan fingerprint density at radius 2 is 2.13 bits per heavy atom. The number of likely N-dealkylation sites (N-methyl/N-ethyl adjacent to an activating group) is 1. The topological polar surface area (TPSA) is 89.8 Å². The van der Waals surface area contributed by atoms with Crippen LogP contribution < -0.4 is 10.2 Å². The summed E-state index contributed by atoms with van der Waals surface area (Å²) < 4.78 is 5.46. The van der Waals surface area contributed by atoms with E-state index in [1.54, 1.807) is 0 Å². The van der Waals surface area contributed by atoms with Gasteiger partial charge in [-0.1, -0.05) is 11.6 Å². The Bertz CT molecular complexity index is 729. The van der Waals surface area contributed by atoms with Gasteiger partial charge in [-0.25, -0.2) is 0 Å². The highest BCUT2D eigenvalue weighted by Gasteiger charge is 2.18. The molecular formula is C15H17ClN3O4+. The van der Waals surface area contributed by atoms with Gasteiger partial charge < -0.3 is 14.6 Å². The quantitative estimate of drug-likeness (QED) is 0.621. The minimum Gasteiger partial charge on any atom is -0.460 e. The van der Waals surface area contributed by atoms with E-state index >= 15 is 0 Å². The smallest absolute Gasteiger partial charge is 0.294 e. The molecule has 2 rings (SSSR count). The number of hydrogen-bond acceptors (Lipinski definition) is 4. The van der Waals surface area contributed by atoms with Gasteiger partial charge in [0.25, 0.3) is 11.6 Å². The summed E-state index contributed by atoms with van der Waals surface area (Å²) in [4.78, 5) is 23.4. The van der Waals surface area contributed by atoms with Crippen molar-refractivity contribution >= 4 is 28.9 Å². The van der Waals surface area contributed by atoms with Crippen LogP contribution in [0.1, 0.15) is 11.5 Å². The van der Waals surface area contributed by atoms with Crippen LogP contribution in [0.3, 0.4) is 0 Å². The Balaban J connectivity index is 1.98. The predicted molar refractivity (Wildman–Crippen MR) is 85.6 cm³/mol. The summed E-state index contributed by atoms with van der Waals surface area (Å²) in [5.74, 6) is 1.27. The number of aryl methyl sites for hydroxylation is 1. The molecule has 2 N–H and O–H groups in total. The number of hydrogen-bond donors (Lipinski definition) is 2. The van der Waals surface area contributed by atoms with Crippen LogP contribution in [-0.2, 0) is 11.3 Å². The number of rotatable bonds is 6. The van der Waals surface area contributed by atoms with Gasteiger partial charge in [0.15, 0.2) is 12.3 Å². The molecule has 0 aliphatic carbocycles. The lowest BCUT2D eigenvalue weighted by molar-refractivity contribution is -0.886. The maximum absolute atomic E-state index is 12.1. The fraction of sp³-hybridized carbons (Fsp3) is 0.267. The number of anilines is 1. The van der Waals surface area contributed by atoms with Crippen molar-refractivity contribution in [2.75, 3.05) is 18.9 Å². The van der Waals surface area contributed by atoms with Crippen LogP contribution in [0.25, 0.3) is 0 Å². The average molecular weight is 339 g/mol. The molecule has 0 spiro atoms. The summed E-state index contributed by atoms with van der Waals surface area (Å²) in [7, 11) is 1.84. The second kappa shape index (κ2) is 7.26. The SMILES string of the molecule is Cc1ccc(C[NH+](C)CC(=O)Nc2ccc(Cl)cc2[N+](=O)[O-])o1. The molecule has 1 aromatic heterocycles. The van der Waals surface area contributed by atoms with Crippen molar-refractivity contribution < 1.29 is 19.0 Å². The van der Waals surface area contributed by atoms with Gasteiger partial charge >= 0.3 is 0 Å². The molecule has 1 heterocycles. The third kappa shape index (κ3) is 4.80. The molecule has 0 radical (unpaired) electrons. The zero-order valence-corrected chi connectivity index (χ0v) is 13.5. The van der Waals surface area contributed by atoms with Crippen LogP contribution in [-0.4, -0.2) is 24.4 Å². The van der Waals surface area contributed by atoms with Crippen molar-refractivity contribution in [2.45, 2.75) is 13.5 Å². The van der Waals surface area contributed by atoms with Crippen molar-refractivity contribution in [1.82, 2.24) is 0 Å². The number of quaternary nitrogens is 1. The standard InChI is InChI=1S/C15H16ClN3O4/c1-10-3-5-12(23-10)8-18(2)9-15(20)17-13-6-4-11(16)7-14(13)19(21)22/h3-7H,8-9H2,1-2H3,(H,17,20)/p+1. The molecule has 1 aromatic carbocycles. The Morgan fingerprint density at radius 1 is 1.39 bits per heavy atom. The summed E-state index contributed by atoms with van der Waals surface area (Å²) in [6.07, 6.45) is 0. The molecule has 1 atom stereocenters. The van der Waals surface area contributed by atoms with Crippen molar-refractivity contribution in [3.05, 3.63) is 57.0 Å². The van der Waals surface area contributed by atoms with Gasteiger partial charge in [-0.05, 0) is 31.2 Å². The fourth-order valence-corrected chi connectivity index (χ4v) is 2.34. The predicted octanol–water partition coefficient (Wildman–Crippen LogP) is 1.80. The second-order valence-corrected chi connectivity index (χ2v) is 5.73. The van der Waals surface area contributed by atoms with Gasteiger partial charge in [-0.3, -0.25) is 14.9 Å². The molecule has 0 aliphatic heterocycles. The van der Waals surface area contributed by atoms with Gasteiger partial charge in [0.2, 0.25) is 0 Å². The Morgan fingerprint density at radius 3 is 2.74 bits per heavy atom. The van der Waals surface area contributed by atoms with E-state index in [0.29, 0.717) is 6.54 Å². The van der Waals surface area contributed by atoms with Crippen LogP contribution in [0.15, 0.2) is 34.7 Å². The minimum absolute atomic E-state index is 0.131. The largest absolute Gasteiger partial charge is 0.460 e. The van der Waals surface area contributed by atoms with E-state index in [2.05, 4.69) is 5.32 Å². The van der Waals surface area contributed by atoms with Crippen LogP contribution in [0.2, 0.25) is 5.02 Å². The molecule has 122 valence electrons. The molecule has 0 bridgehead atoms. The monoisotopic (exact) mass is 338 g/mol. The lowest BCUT2D eigenvalue weighted by Crippen LogP contribution is -3.08. The highest BCUT2D eigenvalue weighted by atomic mass is 35.5. The number of nitro groups is 1. The Labute approximate surface area is 138 Å². The number of halogens is 1. The molecule has 0 aliphatic rings. The number of benzene rings is 1. The Hall–Kier alpha value is -2.38. The molecule has 0 saturated carbocycles. The first-order valence-electron chi connectivity index (χ1n) is 6.95.